The number of carbonyl (C=O) groups is 3. The van der Waals surface area contributed by atoms with E-state index in [2.05, 4.69) is 22.8 Å². The molecule has 1 saturated heterocycles. The topological polar surface area (TPSA) is 78.5 Å². The molecule has 2 aliphatic heterocycles. The van der Waals surface area contributed by atoms with E-state index in [9.17, 15) is 14.4 Å². The molecule has 2 N–H and O–H groups in total. The summed E-state index contributed by atoms with van der Waals surface area (Å²) in [5, 5.41) is 6.30. The summed E-state index contributed by atoms with van der Waals surface area (Å²) in [7, 11) is 0. The van der Waals surface area contributed by atoms with E-state index >= 15 is 0 Å². The van der Waals surface area contributed by atoms with Crippen molar-refractivity contribution < 1.29 is 14.4 Å². The molecule has 3 rings (SSSR count). The smallest absolute Gasteiger partial charge is 0.229 e. The van der Waals surface area contributed by atoms with Gasteiger partial charge in [0.25, 0.3) is 0 Å². The molecule has 122 valence electrons. The third kappa shape index (κ3) is 3.59. The van der Waals surface area contributed by atoms with Crippen molar-refractivity contribution in [2.24, 2.45) is 0 Å². The Kier molecular flexibility index (Phi) is 4.71. The molecule has 2 heterocycles. The number of rotatable bonds is 5. The normalized spacial score (nSPS) is 20.5. The predicted molar refractivity (Wildman–Crippen MR) is 84.5 cm³/mol. The maximum atomic E-state index is 12.0. The van der Waals surface area contributed by atoms with Crippen molar-refractivity contribution in [3.8, 4) is 0 Å². The second-order valence-electron chi connectivity index (χ2n) is 5.95. The standard InChI is InChI=1S/C17H21N3O3/c21-15(8-10-20-16(22)5-6-17(20)23)19-11-14-13-4-2-1-3-12(13)7-9-18-14/h1-4,14,18H,5-11H2,(H,19,21). The minimum Gasteiger partial charge on any atom is -0.354 e. The first-order valence-corrected chi connectivity index (χ1v) is 8.06. The highest BCUT2D eigenvalue weighted by molar-refractivity contribution is 6.02. The first kappa shape index (κ1) is 15.7. The highest BCUT2D eigenvalue weighted by atomic mass is 16.2. The van der Waals surface area contributed by atoms with Crippen LogP contribution in [0.5, 0.6) is 0 Å². The Hall–Kier alpha value is -2.21. The molecule has 0 bridgehead atoms. The van der Waals surface area contributed by atoms with Gasteiger partial charge in [-0.15, -0.1) is 0 Å². The van der Waals surface area contributed by atoms with Gasteiger partial charge in [-0.05, 0) is 24.1 Å². The van der Waals surface area contributed by atoms with Crippen molar-refractivity contribution in [1.29, 1.82) is 0 Å². The van der Waals surface area contributed by atoms with Crippen LogP contribution < -0.4 is 10.6 Å². The van der Waals surface area contributed by atoms with Gasteiger partial charge >= 0.3 is 0 Å². The van der Waals surface area contributed by atoms with Crippen LogP contribution in [0.15, 0.2) is 24.3 Å². The van der Waals surface area contributed by atoms with Crippen LogP contribution in [0.1, 0.15) is 36.4 Å². The average molecular weight is 315 g/mol. The van der Waals surface area contributed by atoms with Crippen molar-refractivity contribution in [2.45, 2.75) is 31.7 Å². The average Bonchev–Trinajstić information content (AvgIpc) is 2.89. The molecule has 1 unspecified atom stereocenters. The number of nitrogens with one attached hydrogen (secondary N) is 2. The van der Waals surface area contributed by atoms with Crippen LogP contribution in [0, 0.1) is 0 Å². The van der Waals surface area contributed by atoms with Crippen molar-refractivity contribution >= 4 is 17.7 Å². The Labute approximate surface area is 135 Å². The second kappa shape index (κ2) is 6.91. The largest absolute Gasteiger partial charge is 0.354 e. The number of fused-ring (bicyclic) bond motifs is 1. The Morgan fingerprint density at radius 2 is 1.91 bits per heavy atom. The number of hydrogen-bond acceptors (Lipinski definition) is 4. The van der Waals surface area contributed by atoms with Gasteiger partial charge in [-0.3, -0.25) is 19.3 Å². The molecular formula is C17H21N3O3. The SMILES string of the molecule is O=C(CCN1C(=O)CCC1=O)NCC1NCCc2ccccc21. The summed E-state index contributed by atoms with van der Waals surface area (Å²) in [4.78, 5) is 36.2. The molecule has 0 aromatic heterocycles. The first-order valence-electron chi connectivity index (χ1n) is 8.06. The van der Waals surface area contributed by atoms with Gasteiger partial charge in [0.15, 0.2) is 0 Å². The summed E-state index contributed by atoms with van der Waals surface area (Å²) in [6.45, 7) is 1.59. The highest BCUT2D eigenvalue weighted by Crippen LogP contribution is 2.21. The van der Waals surface area contributed by atoms with E-state index in [1.807, 2.05) is 12.1 Å². The van der Waals surface area contributed by atoms with E-state index in [0.29, 0.717) is 6.54 Å². The van der Waals surface area contributed by atoms with Crippen LogP contribution in [0.3, 0.4) is 0 Å². The Bertz CT molecular complexity index is 613. The summed E-state index contributed by atoms with van der Waals surface area (Å²) >= 11 is 0. The lowest BCUT2D eigenvalue weighted by Crippen LogP contribution is -2.40. The second-order valence-corrected chi connectivity index (χ2v) is 5.95. The van der Waals surface area contributed by atoms with Crippen LogP contribution in [0.2, 0.25) is 0 Å². The maximum absolute atomic E-state index is 12.0. The molecule has 1 aromatic rings. The zero-order valence-electron chi connectivity index (χ0n) is 13.0. The zero-order valence-corrected chi connectivity index (χ0v) is 13.0. The fourth-order valence-corrected chi connectivity index (χ4v) is 3.16. The fourth-order valence-electron chi connectivity index (χ4n) is 3.16. The molecular weight excluding hydrogens is 294 g/mol. The van der Waals surface area contributed by atoms with E-state index in [-0.39, 0.29) is 49.6 Å². The van der Waals surface area contributed by atoms with Gasteiger partial charge in [0, 0.05) is 38.4 Å². The molecule has 0 spiro atoms. The number of likely N-dealkylation sites (tertiary alicyclic amines) is 1. The van der Waals surface area contributed by atoms with Crippen LogP contribution in [0.25, 0.3) is 0 Å². The van der Waals surface area contributed by atoms with Gasteiger partial charge in [-0.25, -0.2) is 0 Å². The van der Waals surface area contributed by atoms with Gasteiger partial charge in [-0.1, -0.05) is 24.3 Å². The zero-order chi connectivity index (χ0) is 16.2. The number of amides is 3. The van der Waals surface area contributed by atoms with Gasteiger partial charge in [0.2, 0.25) is 17.7 Å². The molecule has 1 aromatic carbocycles. The van der Waals surface area contributed by atoms with E-state index in [4.69, 9.17) is 0 Å². The third-order valence-corrected chi connectivity index (χ3v) is 4.44. The lowest BCUT2D eigenvalue weighted by molar-refractivity contribution is -0.138. The molecule has 3 amide bonds. The fraction of sp³-hybridized carbons (Fsp3) is 0.471. The van der Waals surface area contributed by atoms with Crippen LogP contribution in [-0.2, 0) is 20.8 Å². The monoisotopic (exact) mass is 315 g/mol. The summed E-state index contributed by atoms with van der Waals surface area (Å²) in [5.41, 5.74) is 2.54. The number of nitrogens with zero attached hydrogens (tertiary/aromatic N) is 1. The molecule has 0 aliphatic carbocycles. The van der Waals surface area contributed by atoms with E-state index in [1.54, 1.807) is 0 Å². The Morgan fingerprint density at radius 1 is 1.17 bits per heavy atom. The Morgan fingerprint density at radius 3 is 2.70 bits per heavy atom. The van der Waals surface area contributed by atoms with E-state index in [0.717, 1.165) is 13.0 Å². The summed E-state index contributed by atoms with van der Waals surface area (Å²) in [6.07, 6.45) is 1.69. The van der Waals surface area contributed by atoms with Crippen LogP contribution >= 0.6 is 0 Å². The number of imide groups is 1. The Balaban J connectivity index is 1.48. The number of hydrogen-bond donors (Lipinski definition) is 2. The van der Waals surface area contributed by atoms with Crippen LogP contribution in [-0.4, -0.2) is 42.3 Å². The third-order valence-electron chi connectivity index (χ3n) is 4.44. The lowest BCUT2D eigenvalue weighted by Gasteiger charge is -2.27. The minimum absolute atomic E-state index is 0.110. The lowest BCUT2D eigenvalue weighted by atomic mass is 9.94. The molecule has 2 aliphatic rings. The van der Waals surface area contributed by atoms with Crippen LogP contribution in [0.4, 0.5) is 0 Å². The molecule has 23 heavy (non-hydrogen) atoms. The number of carbonyl (C=O) groups excluding carboxylic acids is 3. The minimum atomic E-state index is -0.175. The summed E-state index contributed by atoms with van der Waals surface area (Å²) in [5.74, 6) is -0.487. The number of benzene rings is 1. The first-order chi connectivity index (χ1) is 11.1. The van der Waals surface area contributed by atoms with Gasteiger partial charge < -0.3 is 10.6 Å². The quantitative estimate of drug-likeness (QED) is 0.777. The summed E-state index contributed by atoms with van der Waals surface area (Å²) in [6, 6.07) is 8.35. The predicted octanol–water partition coefficient (Wildman–Crippen LogP) is 0.529. The van der Waals surface area contributed by atoms with Gasteiger partial charge in [0.1, 0.15) is 0 Å². The van der Waals surface area contributed by atoms with Gasteiger partial charge in [-0.2, -0.15) is 0 Å². The van der Waals surface area contributed by atoms with E-state index in [1.165, 1.54) is 16.0 Å². The van der Waals surface area contributed by atoms with Crippen molar-refractivity contribution in [1.82, 2.24) is 15.5 Å². The molecule has 0 saturated carbocycles. The molecule has 6 heteroatoms. The van der Waals surface area contributed by atoms with Crippen molar-refractivity contribution in [2.75, 3.05) is 19.6 Å². The van der Waals surface area contributed by atoms with Gasteiger partial charge in [0.05, 0.1) is 0 Å². The molecule has 6 nitrogen and oxygen atoms in total. The maximum Gasteiger partial charge on any atom is 0.229 e. The molecule has 0 radical (unpaired) electrons. The molecule has 1 fully saturated rings. The summed E-state index contributed by atoms with van der Waals surface area (Å²) < 4.78 is 0. The van der Waals surface area contributed by atoms with Crippen molar-refractivity contribution in [3.63, 3.8) is 0 Å². The van der Waals surface area contributed by atoms with E-state index < -0.39 is 0 Å². The highest BCUT2D eigenvalue weighted by Gasteiger charge is 2.29. The van der Waals surface area contributed by atoms with Crippen molar-refractivity contribution in [3.05, 3.63) is 35.4 Å². The molecule has 1 atom stereocenters.